The molecule has 1 aromatic carbocycles. The number of anilines is 1. The standard InChI is InChI=1S/C12H15IN2O3/c1-2-7(6-14)11(16)15-10-4-3-8(13)5-9(10)12(17)18/h3-5,7H,2,6,14H2,1H3,(H,15,16)(H,17,18). The van der Waals surface area contributed by atoms with Crippen molar-refractivity contribution in [1.82, 2.24) is 0 Å². The predicted molar refractivity (Wildman–Crippen MR) is 77.6 cm³/mol. The SMILES string of the molecule is CCC(CN)C(=O)Nc1ccc(I)cc1C(=O)O. The smallest absolute Gasteiger partial charge is 0.337 e. The molecule has 98 valence electrons. The third-order valence-corrected chi connectivity index (χ3v) is 3.29. The van der Waals surface area contributed by atoms with Crippen molar-refractivity contribution in [3.8, 4) is 0 Å². The molecule has 0 saturated heterocycles. The molecule has 1 unspecified atom stereocenters. The highest BCUT2D eigenvalue weighted by Crippen LogP contribution is 2.20. The predicted octanol–water partition coefficient (Wildman–Crippen LogP) is 1.91. The molecule has 1 amide bonds. The molecule has 0 aliphatic rings. The number of rotatable bonds is 5. The van der Waals surface area contributed by atoms with Gasteiger partial charge in [-0.3, -0.25) is 4.79 Å². The van der Waals surface area contributed by atoms with Gasteiger partial charge in [-0.2, -0.15) is 0 Å². The number of aromatic carboxylic acids is 1. The van der Waals surface area contributed by atoms with E-state index in [-0.39, 0.29) is 23.9 Å². The first kappa shape index (κ1) is 14.9. The maximum atomic E-state index is 11.8. The van der Waals surface area contributed by atoms with Crippen molar-refractivity contribution in [2.45, 2.75) is 13.3 Å². The van der Waals surface area contributed by atoms with E-state index in [1.54, 1.807) is 12.1 Å². The Bertz CT molecular complexity index is 459. The van der Waals surface area contributed by atoms with Crippen molar-refractivity contribution in [3.05, 3.63) is 27.3 Å². The van der Waals surface area contributed by atoms with Crippen LogP contribution in [-0.4, -0.2) is 23.5 Å². The van der Waals surface area contributed by atoms with Crippen LogP contribution in [0.1, 0.15) is 23.7 Å². The van der Waals surface area contributed by atoms with Crippen LogP contribution in [0.5, 0.6) is 0 Å². The van der Waals surface area contributed by atoms with Gasteiger partial charge in [0, 0.05) is 10.1 Å². The molecule has 18 heavy (non-hydrogen) atoms. The Balaban J connectivity index is 2.97. The topological polar surface area (TPSA) is 92.4 Å². The van der Waals surface area contributed by atoms with Crippen molar-refractivity contribution in [2.24, 2.45) is 11.7 Å². The molecule has 0 aliphatic carbocycles. The van der Waals surface area contributed by atoms with Crippen LogP contribution in [0.2, 0.25) is 0 Å². The monoisotopic (exact) mass is 362 g/mol. The number of hydrogen-bond acceptors (Lipinski definition) is 3. The van der Waals surface area contributed by atoms with E-state index in [4.69, 9.17) is 10.8 Å². The number of halogens is 1. The summed E-state index contributed by atoms with van der Waals surface area (Å²) in [5.41, 5.74) is 5.87. The van der Waals surface area contributed by atoms with Crippen molar-refractivity contribution < 1.29 is 14.7 Å². The lowest BCUT2D eigenvalue weighted by molar-refractivity contribution is -0.119. The quantitative estimate of drug-likeness (QED) is 0.698. The van der Waals surface area contributed by atoms with Gasteiger partial charge >= 0.3 is 5.97 Å². The van der Waals surface area contributed by atoms with Crippen molar-refractivity contribution in [2.75, 3.05) is 11.9 Å². The van der Waals surface area contributed by atoms with Crippen LogP contribution in [0.4, 0.5) is 5.69 Å². The zero-order valence-electron chi connectivity index (χ0n) is 9.94. The number of carbonyl (C=O) groups excluding carboxylic acids is 1. The first-order valence-electron chi connectivity index (χ1n) is 5.53. The molecular weight excluding hydrogens is 347 g/mol. The van der Waals surface area contributed by atoms with Gasteiger partial charge in [0.25, 0.3) is 0 Å². The fraction of sp³-hybridized carbons (Fsp3) is 0.333. The first-order chi connectivity index (χ1) is 8.49. The highest BCUT2D eigenvalue weighted by molar-refractivity contribution is 14.1. The van der Waals surface area contributed by atoms with Crippen molar-refractivity contribution >= 4 is 40.2 Å². The fourth-order valence-electron chi connectivity index (χ4n) is 1.50. The van der Waals surface area contributed by atoms with Gasteiger partial charge in [-0.25, -0.2) is 4.79 Å². The van der Waals surface area contributed by atoms with Crippen molar-refractivity contribution in [1.29, 1.82) is 0 Å². The van der Waals surface area contributed by atoms with E-state index in [1.807, 2.05) is 29.5 Å². The highest BCUT2D eigenvalue weighted by atomic mass is 127. The van der Waals surface area contributed by atoms with E-state index in [0.29, 0.717) is 12.1 Å². The fourth-order valence-corrected chi connectivity index (χ4v) is 1.99. The Hall–Kier alpha value is -1.15. The van der Waals surface area contributed by atoms with E-state index in [0.717, 1.165) is 3.57 Å². The molecule has 1 rings (SSSR count). The molecule has 5 nitrogen and oxygen atoms in total. The van der Waals surface area contributed by atoms with E-state index >= 15 is 0 Å². The van der Waals surface area contributed by atoms with Crippen LogP contribution >= 0.6 is 22.6 Å². The average molecular weight is 362 g/mol. The molecule has 0 spiro atoms. The molecule has 6 heteroatoms. The third-order valence-electron chi connectivity index (χ3n) is 2.62. The number of hydrogen-bond donors (Lipinski definition) is 3. The molecular formula is C12H15IN2O3. The summed E-state index contributed by atoms with van der Waals surface area (Å²) < 4.78 is 0.800. The minimum Gasteiger partial charge on any atom is -0.478 e. The molecule has 0 saturated carbocycles. The number of carboxylic acid groups (broad SMARTS) is 1. The molecule has 0 radical (unpaired) electrons. The summed E-state index contributed by atoms with van der Waals surface area (Å²) in [6.45, 7) is 2.11. The van der Waals surface area contributed by atoms with Gasteiger partial charge in [0.1, 0.15) is 0 Å². The van der Waals surface area contributed by atoms with Crippen LogP contribution in [0.25, 0.3) is 0 Å². The largest absolute Gasteiger partial charge is 0.478 e. The average Bonchev–Trinajstić information content (AvgIpc) is 2.32. The number of nitrogens with two attached hydrogens (primary N) is 1. The Kier molecular flexibility index (Phi) is 5.54. The lowest BCUT2D eigenvalue weighted by Gasteiger charge is -2.14. The van der Waals surface area contributed by atoms with E-state index < -0.39 is 5.97 Å². The van der Waals surface area contributed by atoms with Gasteiger partial charge in [-0.15, -0.1) is 0 Å². The van der Waals surface area contributed by atoms with E-state index in [9.17, 15) is 9.59 Å². The molecule has 1 atom stereocenters. The first-order valence-corrected chi connectivity index (χ1v) is 6.61. The normalized spacial score (nSPS) is 11.9. The van der Waals surface area contributed by atoms with Gasteiger partial charge in [-0.05, 0) is 47.2 Å². The summed E-state index contributed by atoms with van der Waals surface area (Å²) >= 11 is 2.02. The van der Waals surface area contributed by atoms with Gasteiger partial charge in [-0.1, -0.05) is 6.92 Å². The maximum absolute atomic E-state index is 11.8. The summed E-state index contributed by atoms with van der Waals surface area (Å²) in [5.74, 6) is -1.61. The summed E-state index contributed by atoms with van der Waals surface area (Å²) in [7, 11) is 0. The highest BCUT2D eigenvalue weighted by Gasteiger charge is 2.18. The molecule has 0 heterocycles. The second kappa shape index (κ2) is 6.69. The van der Waals surface area contributed by atoms with E-state index in [2.05, 4.69) is 5.32 Å². The second-order valence-corrected chi connectivity index (χ2v) is 5.07. The molecule has 1 aromatic rings. The number of nitrogens with one attached hydrogen (secondary N) is 1. The number of carbonyl (C=O) groups is 2. The molecule has 0 bridgehead atoms. The summed E-state index contributed by atoms with van der Waals surface area (Å²) in [5, 5.41) is 11.7. The Labute approximate surface area is 119 Å². The van der Waals surface area contributed by atoms with Gasteiger partial charge in [0.2, 0.25) is 5.91 Å². The van der Waals surface area contributed by atoms with Crippen LogP contribution in [0, 0.1) is 9.49 Å². The lowest BCUT2D eigenvalue weighted by Crippen LogP contribution is -2.29. The van der Waals surface area contributed by atoms with Crippen molar-refractivity contribution in [3.63, 3.8) is 0 Å². The maximum Gasteiger partial charge on any atom is 0.337 e. The summed E-state index contributed by atoms with van der Waals surface area (Å²) in [4.78, 5) is 22.9. The van der Waals surface area contributed by atoms with Gasteiger partial charge in [0.05, 0.1) is 17.2 Å². The Morgan fingerprint density at radius 3 is 2.67 bits per heavy atom. The van der Waals surface area contributed by atoms with Gasteiger partial charge in [0.15, 0.2) is 0 Å². The number of amides is 1. The van der Waals surface area contributed by atoms with Crippen LogP contribution < -0.4 is 11.1 Å². The summed E-state index contributed by atoms with van der Waals surface area (Å²) in [6, 6.07) is 4.85. The Morgan fingerprint density at radius 2 is 2.17 bits per heavy atom. The molecule has 4 N–H and O–H groups in total. The van der Waals surface area contributed by atoms with Crippen LogP contribution in [-0.2, 0) is 4.79 Å². The molecule has 0 aliphatic heterocycles. The minimum absolute atomic E-state index is 0.0853. The lowest BCUT2D eigenvalue weighted by atomic mass is 10.1. The Morgan fingerprint density at radius 1 is 1.50 bits per heavy atom. The second-order valence-electron chi connectivity index (χ2n) is 3.83. The minimum atomic E-state index is -1.07. The van der Waals surface area contributed by atoms with Gasteiger partial charge < -0.3 is 16.2 Å². The third kappa shape index (κ3) is 3.67. The molecule has 0 aromatic heterocycles. The number of benzene rings is 1. The zero-order valence-corrected chi connectivity index (χ0v) is 12.1. The number of carboxylic acids is 1. The zero-order chi connectivity index (χ0) is 13.7. The van der Waals surface area contributed by atoms with Crippen LogP contribution in [0.3, 0.4) is 0 Å². The van der Waals surface area contributed by atoms with E-state index in [1.165, 1.54) is 6.07 Å². The summed E-state index contributed by atoms with van der Waals surface area (Å²) in [6.07, 6.45) is 0.620. The molecule has 0 fully saturated rings. The van der Waals surface area contributed by atoms with Crippen LogP contribution in [0.15, 0.2) is 18.2 Å².